The van der Waals surface area contributed by atoms with Crippen LogP contribution in [-0.2, 0) is 13.0 Å². The van der Waals surface area contributed by atoms with Gasteiger partial charge in [-0.1, -0.05) is 76.1 Å². The number of unbranched alkanes of at least 4 members (excludes halogenated alkanes) is 7. The van der Waals surface area contributed by atoms with E-state index in [4.69, 9.17) is 0 Å². The van der Waals surface area contributed by atoms with Crippen molar-refractivity contribution in [3.63, 3.8) is 0 Å². The fourth-order valence-electron chi connectivity index (χ4n) is 3.05. The number of rotatable bonds is 14. The Bertz CT molecular complexity index is 430. The normalized spacial score (nSPS) is 11.4. The Morgan fingerprint density at radius 1 is 0.720 bits per heavy atom. The maximum absolute atomic E-state index is 9.52. The molecule has 5 heteroatoms. The van der Waals surface area contributed by atoms with Crippen molar-refractivity contribution >= 4 is 0 Å². The topological polar surface area (TPSA) is 60.7 Å². The lowest BCUT2D eigenvalue weighted by Crippen LogP contribution is -3.00. The summed E-state index contributed by atoms with van der Waals surface area (Å²) in [4.78, 5) is 0. The highest BCUT2D eigenvalue weighted by atomic mass is 35.5. The predicted octanol–water partition coefficient (Wildman–Crippen LogP) is 0.540. The third kappa shape index (κ3) is 9.02. The number of quaternary nitrogens is 1. The third-order valence-electron chi connectivity index (χ3n) is 4.82. The molecular weight excluding hydrogens is 338 g/mol. The fourth-order valence-corrected chi connectivity index (χ4v) is 3.05. The van der Waals surface area contributed by atoms with E-state index >= 15 is 0 Å². The second-order valence-electron chi connectivity index (χ2n) is 6.92. The molecule has 0 amide bonds. The van der Waals surface area contributed by atoms with Crippen molar-refractivity contribution in [3.05, 3.63) is 35.4 Å². The molecule has 0 saturated heterocycles. The Kier molecular flexibility index (Phi) is 14.1. The molecule has 25 heavy (non-hydrogen) atoms. The standard InChI is InChI=1S/C20H36NO3.ClH/c1-2-3-4-5-6-7-8-9-12-19-13-10-11-14-20(19)15-21(16-22,17-23)18-24;/h10-11,13-14,22-24H,2-9,12,15-18H2,1H3;1H/q+1;/p-1. The van der Waals surface area contributed by atoms with Crippen molar-refractivity contribution in [1.29, 1.82) is 0 Å². The van der Waals surface area contributed by atoms with Crippen LogP contribution < -0.4 is 12.4 Å². The SMILES string of the molecule is CCCCCCCCCCc1ccccc1C[N+](CO)(CO)CO.[Cl-]. The zero-order valence-corrected chi connectivity index (χ0v) is 16.4. The lowest BCUT2D eigenvalue weighted by Gasteiger charge is -2.32. The molecule has 1 rings (SSSR count). The zero-order valence-electron chi connectivity index (χ0n) is 15.7. The van der Waals surface area contributed by atoms with Gasteiger partial charge in [0.05, 0.1) is 0 Å². The number of aryl methyl sites for hydroxylation is 1. The van der Waals surface area contributed by atoms with E-state index in [-0.39, 0.29) is 37.1 Å². The summed E-state index contributed by atoms with van der Waals surface area (Å²) in [6.07, 6.45) is 11.4. The van der Waals surface area contributed by atoms with Crippen molar-refractivity contribution in [3.8, 4) is 0 Å². The van der Waals surface area contributed by atoms with Crippen LogP contribution in [0.5, 0.6) is 0 Å². The van der Waals surface area contributed by atoms with E-state index in [1.54, 1.807) is 0 Å². The molecule has 0 bridgehead atoms. The van der Waals surface area contributed by atoms with Gasteiger partial charge in [0.25, 0.3) is 0 Å². The molecule has 146 valence electrons. The van der Waals surface area contributed by atoms with Gasteiger partial charge in [0.15, 0.2) is 20.2 Å². The monoisotopic (exact) mass is 373 g/mol. The number of nitrogens with zero attached hydrogens (tertiary/aromatic N) is 1. The van der Waals surface area contributed by atoms with Gasteiger partial charge in [-0.15, -0.1) is 0 Å². The quantitative estimate of drug-likeness (QED) is 0.253. The van der Waals surface area contributed by atoms with E-state index in [1.165, 1.54) is 56.9 Å². The molecule has 4 nitrogen and oxygen atoms in total. The van der Waals surface area contributed by atoms with Crippen LogP contribution in [0.3, 0.4) is 0 Å². The van der Waals surface area contributed by atoms with Gasteiger partial charge in [0.2, 0.25) is 0 Å². The van der Waals surface area contributed by atoms with Gasteiger partial charge in [0.1, 0.15) is 6.54 Å². The number of hydrogen-bond donors (Lipinski definition) is 3. The summed E-state index contributed by atoms with van der Waals surface area (Å²) in [7, 11) is 0. The molecule has 0 aromatic heterocycles. The first kappa shape index (κ1) is 24.4. The smallest absolute Gasteiger partial charge is 0.184 e. The van der Waals surface area contributed by atoms with Crippen molar-refractivity contribution in [1.82, 2.24) is 0 Å². The van der Waals surface area contributed by atoms with Gasteiger partial charge in [-0.25, -0.2) is 0 Å². The molecule has 1 aromatic carbocycles. The van der Waals surface area contributed by atoms with Crippen molar-refractivity contribution in [2.75, 3.05) is 20.2 Å². The highest BCUT2D eigenvalue weighted by Crippen LogP contribution is 2.19. The van der Waals surface area contributed by atoms with Crippen LogP contribution in [0.4, 0.5) is 0 Å². The van der Waals surface area contributed by atoms with Gasteiger partial charge in [-0.2, -0.15) is 0 Å². The fraction of sp³-hybridized carbons (Fsp3) is 0.700. The Morgan fingerprint density at radius 2 is 1.20 bits per heavy atom. The molecule has 0 fully saturated rings. The summed E-state index contributed by atoms with van der Waals surface area (Å²) in [6.45, 7) is 1.91. The number of benzene rings is 1. The third-order valence-corrected chi connectivity index (χ3v) is 4.82. The summed E-state index contributed by atoms with van der Waals surface area (Å²) < 4.78 is -0.117. The zero-order chi connectivity index (χ0) is 17.7. The minimum Gasteiger partial charge on any atom is -1.00 e. The number of halogens is 1. The lowest BCUT2D eigenvalue weighted by molar-refractivity contribution is -0.988. The van der Waals surface area contributed by atoms with Crippen LogP contribution in [-0.4, -0.2) is 40.0 Å². The molecule has 0 heterocycles. The van der Waals surface area contributed by atoms with E-state index in [2.05, 4.69) is 13.0 Å². The van der Waals surface area contributed by atoms with Gasteiger partial charge >= 0.3 is 0 Å². The highest BCUT2D eigenvalue weighted by molar-refractivity contribution is 5.26. The van der Waals surface area contributed by atoms with Crippen LogP contribution in [0.15, 0.2) is 24.3 Å². The van der Waals surface area contributed by atoms with Crippen LogP contribution in [0, 0.1) is 0 Å². The molecule has 0 aliphatic rings. The van der Waals surface area contributed by atoms with Crippen molar-refractivity contribution < 1.29 is 32.2 Å². The predicted molar refractivity (Wildman–Crippen MR) is 98.0 cm³/mol. The molecule has 0 aliphatic heterocycles. The summed E-state index contributed by atoms with van der Waals surface area (Å²) in [5.74, 6) is 0. The summed E-state index contributed by atoms with van der Waals surface area (Å²) in [5, 5.41) is 28.5. The number of hydrogen-bond acceptors (Lipinski definition) is 3. The minimum absolute atomic E-state index is 0. The highest BCUT2D eigenvalue weighted by Gasteiger charge is 2.25. The van der Waals surface area contributed by atoms with Crippen LogP contribution in [0.2, 0.25) is 0 Å². The Hall–Kier alpha value is -0.650. The molecule has 0 unspecified atom stereocenters. The molecule has 0 saturated carbocycles. The first-order chi connectivity index (χ1) is 11.7. The molecule has 0 radical (unpaired) electrons. The van der Waals surface area contributed by atoms with Crippen LogP contribution in [0.25, 0.3) is 0 Å². The molecule has 1 aromatic rings. The maximum Gasteiger partial charge on any atom is 0.184 e. The Balaban J connectivity index is 0.00000576. The number of aliphatic hydroxyl groups is 3. The van der Waals surface area contributed by atoms with Gasteiger partial charge in [-0.3, -0.25) is 4.48 Å². The summed E-state index contributed by atoms with van der Waals surface area (Å²) in [6, 6.07) is 8.17. The molecule has 0 atom stereocenters. The molecule has 3 N–H and O–H groups in total. The average molecular weight is 374 g/mol. The van der Waals surface area contributed by atoms with E-state index in [1.807, 2.05) is 18.2 Å². The van der Waals surface area contributed by atoms with Crippen molar-refractivity contribution in [2.45, 2.75) is 71.3 Å². The van der Waals surface area contributed by atoms with Gasteiger partial charge in [0, 0.05) is 5.56 Å². The van der Waals surface area contributed by atoms with Gasteiger partial charge in [-0.05, 0) is 18.4 Å². The average Bonchev–Trinajstić information content (AvgIpc) is 2.63. The van der Waals surface area contributed by atoms with Gasteiger partial charge < -0.3 is 27.7 Å². The summed E-state index contributed by atoms with van der Waals surface area (Å²) in [5.41, 5.74) is 2.37. The lowest BCUT2D eigenvalue weighted by atomic mass is 9.99. The second-order valence-corrected chi connectivity index (χ2v) is 6.92. The molecular formula is C20H36ClNO3. The van der Waals surface area contributed by atoms with Crippen molar-refractivity contribution in [2.24, 2.45) is 0 Å². The first-order valence-corrected chi connectivity index (χ1v) is 9.46. The first-order valence-electron chi connectivity index (χ1n) is 9.46. The second kappa shape index (κ2) is 14.5. The summed E-state index contributed by atoms with van der Waals surface area (Å²) >= 11 is 0. The van der Waals surface area contributed by atoms with Crippen LogP contribution >= 0.6 is 0 Å². The molecule has 0 spiro atoms. The van der Waals surface area contributed by atoms with Crippen LogP contribution in [0.1, 0.15) is 69.4 Å². The largest absolute Gasteiger partial charge is 1.00 e. The van der Waals surface area contributed by atoms with E-state index in [0.717, 1.165) is 12.0 Å². The minimum atomic E-state index is -0.265. The van der Waals surface area contributed by atoms with E-state index in [9.17, 15) is 15.3 Å². The van der Waals surface area contributed by atoms with E-state index in [0.29, 0.717) is 6.54 Å². The number of aliphatic hydroxyl groups excluding tert-OH is 3. The maximum atomic E-state index is 9.52. The Morgan fingerprint density at radius 3 is 1.72 bits per heavy atom. The Labute approximate surface area is 159 Å². The van der Waals surface area contributed by atoms with E-state index < -0.39 is 0 Å². The molecule has 0 aliphatic carbocycles.